The van der Waals surface area contributed by atoms with Gasteiger partial charge in [0.15, 0.2) is 0 Å². The molecule has 0 radical (unpaired) electrons. The SMILES string of the molecule is CC(Cc1cccc(C(F)(F)F)c1)C(=O)N1CCC(CN)CC1. The van der Waals surface area contributed by atoms with Gasteiger partial charge < -0.3 is 10.6 Å². The van der Waals surface area contributed by atoms with Gasteiger partial charge in [0.2, 0.25) is 5.91 Å². The minimum atomic E-state index is -4.35. The van der Waals surface area contributed by atoms with Crippen LogP contribution in [0.4, 0.5) is 13.2 Å². The number of nitrogens with two attached hydrogens (primary N) is 1. The van der Waals surface area contributed by atoms with Crippen molar-refractivity contribution in [2.75, 3.05) is 19.6 Å². The number of hydrogen-bond acceptors (Lipinski definition) is 2. The summed E-state index contributed by atoms with van der Waals surface area (Å²) in [6.45, 7) is 3.79. The van der Waals surface area contributed by atoms with Gasteiger partial charge in [0.25, 0.3) is 0 Å². The maximum absolute atomic E-state index is 12.7. The van der Waals surface area contributed by atoms with Gasteiger partial charge >= 0.3 is 6.18 Å². The van der Waals surface area contributed by atoms with Gasteiger partial charge in [-0.2, -0.15) is 13.2 Å². The summed E-state index contributed by atoms with van der Waals surface area (Å²) in [5.41, 5.74) is 5.51. The van der Waals surface area contributed by atoms with Gasteiger partial charge in [-0.15, -0.1) is 0 Å². The second kappa shape index (κ2) is 7.34. The lowest BCUT2D eigenvalue weighted by atomic mass is 9.94. The lowest BCUT2D eigenvalue weighted by Gasteiger charge is -2.33. The fourth-order valence-electron chi connectivity index (χ4n) is 3.02. The van der Waals surface area contributed by atoms with Crippen LogP contribution in [0, 0.1) is 11.8 Å². The number of alkyl halides is 3. The van der Waals surface area contributed by atoms with E-state index in [2.05, 4.69) is 0 Å². The van der Waals surface area contributed by atoms with E-state index in [1.807, 2.05) is 4.90 Å². The van der Waals surface area contributed by atoms with E-state index in [0.29, 0.717) is 37.5 Å². The molecule has 1 saturated heterocycles. The van der Waals surface area contributed by atoms with Crippen molar-refractivity contribution in [3.63, 3.8) is 0 Å². The van der Waals surface area contributed by atoms with Crippen molar-refractivity contribution < 1.29 is 18.0 Å². The van der Waals surface area contributed by atoms with Crippen LogP contribution in [0.25, 0.3) is 0 Å². The third-order valence-electron chi connectivity index (χ3n) is 4.48. The topological polar surface area (TPSA) is 46.3 Å². The zero-order chi connectivity index (χ0) is 17.0. The first kappa shape index (κ1) is 17.8. The third kappa shape index (κ3) is 4.70. The predicted octanol–water partition coefficient (Wildman–Crippen LogP) is 3.08. The Balaban J connectivity index is 1.96. The van der Waals surface area contributed by atoms with E-state index in [9.17, 15) is 18.0 Å². The summed E-state index contributed by atoms with van der Waals surface area (Å²) in [4.78, 5) is 14.3. The van der Waals surface area contributed by atoms with Gasteiger partial charge in [-0.05, 0) is 43.4 Å². The molecule has 2 rings (SSSR count). The van der Waals surface area contributed by atoms with E-state index in [0.717, 1.165) is 25.0 Å². The number of amides is 1. The highest BCUT2D eigenvalue weighted by Gasteiger charge is 2.31. The van der Waals surface area contributed by atoms with Crippen LogP contribution in [0.3, 0.4) is 0 Å². The van der Waals surface area contributed by atoms with Crippen molar-refractivity contribution >= 4 is 5.91 Å². The molecular weight excluding hydrogens is 305 g/mol. The quantitative estimate of drug-likeness (QED) is 0.923. The highest BCUT2D eigenvalue weighted by molar-refractivity contribution is 5.78. The molecule has 1 aromatic carbocycles. The molecule has 128 valence electrons. The zero-order valence-electron chi connectivity index (χ0n) is 13.3. The highest BCUT2D eigenvalue weighted by atomic mass is 19.4. The number of likely N-dealkylation sites (tertiary alicyclic amines) is 1. The molecule has 1 aromatic rings. The van der Waals surface area contributed by atoms with Crippen molar-refractivity contribution in [1.82, 2.24) is 4.90 Å². The lowest BCUT2D eigenvalue weighted by Crippen LogP contribution is -2.42. The average Bonchev–Trinajstić information content (AvgIpc) is 2.53. The number of carbonyl (C=O) groups excluding carboxylic acids is 1. The molecule has 23 heavy (non-hydrogen) atoms. The molecule has 1 aliphatic rings. The number of benzene rings is 1. The maximum atomic E-state index is 12.7. The summed E-state index contributed by atoms with van der Waals surface area (Å²) >= 11 is 0. The van der Waals surface area contributed by atoms with Crippen molar-refractivity contribution in [2.24, 2.45) is 17.6 Å². The first-order valence-electron chi connectivity index (χ1n) is 7.96. The van der Waals surface area contributed by atoms with Gasteiger partial charge in [0.1, 0.15) is 0 Å². The fraction of sp³-hybridized carbons (Fsp3) is 0.588. The van der Waals surface area contributed by atoms with Crippen molar-refractivity contribution in [3.8, 4) is 0 Å². The summed E-state index contributed by atoms with van der Waals surface area (Å²) in [7, 11) is 0. The van der Waals surface area contributed by atoms with E-state index in [1.54, 1.807) is 13.0 Å². The van der Waals surface area contributed by atoms with E-state index in [1.165, 1.54) is 6.07 Å². The molecule has 3 nitrogen and oxygen atoms in total. The molecule has 2 N–H and O–H groups in total. The molecule has 1 unspecified atom stereocenters. The average molecular weight is 328 g/mol. The largest absolute Gasteiger partial charge is 0.416 e. The van der Waals surface area contributed by atoms with Crippen molar-refractivity contribution in [1.29, 1.82) is 0 Å². The Kier molecular flexibility index (Phi) is 5.68. The summed E-state index contributed by atoms with van der Waals surface area (Å²) in [5.74, 6) is 0.156. The molecule has 0 saturated carbocycles. The molecule has 1 aliphatic heterocycles. The van der Waals surface area contributed by atoms with E-state index >= 15 is 0 Å². The third-order valence-corrected chi connectivity index (χ3v) is 4.48. The molecule has 1 atom stereocenters. The van der Waals surface area contributed by atoms with E-state index < -0.39 is 11.7 Å². The van der Waals surface area contributed by atoms with Crippen molar-refractivity contribution in [2.45, 2.75) is 32.4 Å². The van der Waals surface area contributed by atoms with Crippen LogP contribution in [-0.4, -0.2) is 30.4 Å². The van der Waals surface area contributed by atoms with E-state index in [4.69, 9.17) is 5.73 Å². The monoisotopic (exact) mass is 328 g/mol. The second-order valence-corrected chi connectivity index (χ2v) is 6.31. The summed E-state index contributed by atoms with van der Waals surface area (Å²) in [6, 6.07) is 5.21. The molecule has 0 aliphatic carbocycles. The van der Waals surface area contributed by atoms with Crippen LogP contribution >= 0.6 is 0 Å². The zero-order valence-corrected chi connectivity index (χ0v) is 13.3. The molecular formula is C17H23F3N2O. The Labute approximate surface area is 134 Å². The molecule has 1 amide bonds. The minimum absolute atomic E-state index is 0.0119. The van der Waals surface area contributed by atoms with Crippen LogP contribution in [-0.2, 0) is 17.4 Å². The molecule has 0 bridgehead atoms. The molecule has 0 spiro atoms. The number of hydrogen-bond donors (Lipinski definition) is 1. The number of nitrogens with zero attached hydrogens (tertiary/aromatic N) is 1. The lowest BCUT2D eigenvalue weighted by molar-refractivity contribution is -0.137. The summed E-state index contributed by atoms with van der Waals surface area (Å²) in [6.07, 6.45) is -2.23. The Morgan fingerprint density at radius 2 is 2.00 bits per heavy atom. The van der Waals surface area contributed by atoms with Gasteiger partial charge in [0.05, 0.1) is 5.56 Å². The van der Waals surface area contributed by atoms with Gasteiger partial charge in [-0.3, -0.25) is 4.79 Å². The van der Waals surface area contributed by atoms with Crippen LogP contribution in [0.5, 0.6) is 0 Å². The summed E-state index contributed by atoms with van der Waals surface area (Å²) < 4.78 is 38.2. The highest BCUT2D eigenvalue weighted by Crippen LogP contribution is 2.30. The Morgan fingerprint density at radius 1 is 1.35 bits per heavy atom. The standard InChI is InChI=1S/C17H23F3N2O/c1-12(16(23)22-7-5-13(11-21)6-8-22)9-14-3-2-4-15(10-14)17(18,19)20/h2-4,10,12-13H,5-9,11,21H2,1H3. The number of rotatable bonds is 4. The first-order chi connectivity index (χ1) is 10.8. The predicted molar refractivity (Wildman–Crippen MR) is 82.7 cm³/mol. The van der Waals surface area contributed by atoms with Gasteiger partial charge in [0, 0.05) is 19.0 Å². The molecule has 0 aromatic heterocycles. The summed E-state index contributed by atoms with van der Waals surface area (Å²) in [5, 5.41) is 0. The minimum Gasteiger partial charge on any atom is -0.342 e. The fourth-order valence-corrected chi connectivity index (χ4v) is 3.02. The number of piperidine rings is 1. The molecule has 1 fully saturated rings. The Hall–Kier alpha value is -1.56. The first-order valence-corrected chi connectivity index (χ1v) is 7.96. The maximum Gasteiger partial charge on any atom is 0.416 e. The van der Waals surface area contributed by atoms with Crippen LogP contribution in [0.15, 0.2) is 24.3 Å². The Morgan fingerprint density at radius 3 is 2.57 bits per heavy atom. The second-order valence-electron chi connectivity index (χ2n) is 6.31. The normalized spacial score (nSPS) is 18.0. The van der Waals surface area contributed by atoms with Crippen LogP contribution < -0.4 is 5.73 Å². The smallest absolute Gasteiger partial charge is 0.342 e. The van der Waals surface area contributed by atoms with Crippen LogP contribution in [0.1, 0.15) is 30.9 Å². The van der Waals surface area contributed by atoms with Gasteiger partial charge in [-0.1, -0.05) is 25.1 Å². The number of carbonyl (C=O) groups is 1. The molecule has 6 heteroatoms. The van der Waals surface area contributed by atoms with Crippen molar-refractivity contribution in [3.05, 3.63) is 35.4 Å². The van der Waals surface area contributed by atoms with E-state index in [-0.39, 0.29) is 11.8 Å². The van der Waals surface area contributed by atoms with Crippen LogP contribution in [0.2, 0.25) is 0 Å². The molecule has 1 heterocycles. The van der Waals surface area contributed by atoms with Gasteiger partial charge in [-0.25, -0.2) is 0 Å². The Bertz CT molecular complexity index is 537. The number of halogens is 3.